The number of rotatable bonds is 5. The maximum absolute atomic E-state index is 8.99. The lowest BCUT2D eigenvalue weighted by Crippen LogP contribution is -2.33. The molecule has 0 aliphatic heterocycles. The predicted octanol–water partition coefficient (Wildman–Crippen LogP) is 3.58. The van der Waals surface area contributed by atoms with Gasteiger partial charge in [0.25, 0.3) is 0 Å². The summed E-state index contributed by atoms with van der Waals surface area (Å²) in [6.45, 7) is 9.06. The third kappa shape index (κ3) is 3.62. The summed E-state index contributed by atoms with van der Waals surface area (Å²) in [6, 6.07) is 6.91. The Kier molecular flexibility index (Phi) is 4.52. The smallest absolute Gasteiger partial charge is 0.0697 e. The quantitative estimate of drug-likeness (QED) is 0.848. The van der Waals surface area contributed by atoms with E-state index < -0.39 is 0 Å². The molecule has 3 heteroatoms. The molecule has 0 saturated heterocycles. The minimum Gasteiger partial charge on any atom is -0.307 e. The molecule has 1 aromatic heterocycles. The molecule has 1 heterocycles. The second-order valence-corrected chi connectivity index (χ2v) is 6.09. The second kappa shape index (κ2) is 5.47. The molecular weight excluding hydrogens is 216 g/mol. The molecule has 0 spiro atoms. The van der Waals surface area contributed by atoms with Crippen LogP contribution in [0.3, 0.4) is 0 Å². The Morgan fingerprint density at radius 1 is 1.50 bits per heavy atom. The van der Waals surface area contributed by atoms with Crippen molar-refractivity contribution < 1.29 is 0 Å². The van der Waals surface area contributed by atoms with Crippen molar-refractivity contribution in [3.05, 3.63) is 22.4 Å². The number of thiophene rings is 1. The van der Waals surface area contributed by atoms with Crippen LogP contribution in [-0.2, 0) is 0 Å². The minimum absolute atomic E-state index is 0.301. The molecule has 0 fully saturated rings. The maximum atomic E-state index is 8.99. The maximum Gasteiger partial charge on any atom is 0.0697 e. The van der Waals surface area contributed by atoms with E-state index in [1.54, 1.807) is 11.3 Å². The zero-order chi connectivity index (χ0) is 12.2. The molecule has 1 rings (SSSR count). The van der Waals surface area contributed by atoms with Crippen molar-refractivity contribution in [2.24, 2.45) is 11.3 Å². The van der Waals surface area contributed by atoms with Crippen LogP contribution in [0, 0.1) is 22.7 Å². The lowest BCUT2D eigenvalue weighted by Gasteiger charge is -2.25. The van der Waals surface area contributed by atoms with Crippen molar-refractivity contribution in [1.82, 2.24) is 5.32 Å². The number of nitriles is 1. The number of nitrogens with one attached hydrogen (secondary N) is 1. The molecule has 1 unspecified atom stereocenters. The summed E-state index contributed by atoms with van der Waals surface area (Å²) >= 11 is 1.77. The molecular formula is C13H20N2S. The van der Waals surface area contributed by atoms with Crippen LogP contribution in [0.15, 0.2) is 17.5 Å². The van der Waals surface area contributed by atoms with E-state index in [1.807, 2.05) is 13.8 Å². The molecule has 1 aromatic rings. The highest BCUT2D eigenvalue weighted by atomic mass is 32.1. The SMILES string of the molecule is CC(C)C(NCC(C)(C)C#N)c1cccs1. The third-order valence-electron chi connectivity index (χ3n) is 2.58. The van der Waals surface area contributed by atoms with Crippen LogP contribution in [0.2, 0.25) is 0 Å². The molecule has 0 aliphatic carbocycles. The standard InChI is InChI=1S/C13H20N2S/c1-10(2)12(11-6-5-7-16-11)15-9-13(3,4)8-14/h5-7,10,12,15H,9H2,1-4H3. The highest BCUT2D eigenvalue weighted by molar-refractivity contribution is 7.10. The van der Waals surface area contributed by atoms with Crippen molar-refractivity contribution in [1.29, 1.82) is 5.26 Å². The van der Waals surface area contributed by atoms with Gasteiger partial charge in [0.05, 0.1) is 11.5 Å². The van der Waals surface area contributed by atoms with E-state index in [4.69, 9.17) is 5.26 Å². The first kappa shape index (κ1) is 13.2. The lowest BCUT2D eigenvalue weighted by atomic mass is 9.94. The van der Waals surface area contributed by atoms with Gasteiger partial charge in [-0.25, -0.2) is 0 Å². The Morgan fingerprint density at radius 2 is 2.19 bits per heavy atom. The average Bonchev–Trinajstić information content (AvgIpc) is 2.71. The zero-order valence-electron chi connectivity index (χ0n) is 10.4. The first-order valence-corrected chi connectivity index (χ1v) is 6.52. The van der Waals surface area contributed by atoms with Crippen molar-refractivity contribution in [3.8, 4) is 6.07 Å². The molecule has 2 nitrogen and oxygen atoms in total. The van der Waals surface area contributed by atoms with Gasteiger partial charge in [-0.3, -0.25) is 0 Å². The van der Waals surface area contributed by atoms with Crippen molar-refractivity contribution in [2.45, 2.75) is 33.7 Å². The molecule has 16 heavy (non-hydrogen) atoms. The van der Waals surface area contributed by atoms with Gasteiger partial charge in [-0.2, -0.15) is 5.26 Å². The number of hydrogen-bond donors (Lipinski definition) is 1. The van der Waals surface area contributed by atoms with Gasteiger partial charge in [0.2, 0.25) is 0 Å². The van der Waals surface area contributed by atoms with E-state index in [0.29, 0.717) is 12.0 Å². The fourth-order valence-corrected chi connectivity index (χ4v) is 2.51. The normalized spacial score (nSPS) is 13.8. The largest absolute Gasteiger partial charge is 0.307 e. The molecule has 0 amide bonds. The number of hydrogen-bond acceptors (Lipinski definition) is 3. The van der Waals surface area contributed by atoms with Gasteiger partial charge < -0.3 is 5.32 Å². The van der Waals surface area contributed by atoms with Gasteiger partial charge in [0.1, 0.15) is 0 Å². The Morgan fingerprint density at radius 3 is 2.62 bits per heavy atom. The van der Waals surface area contributed by atoms with Crippen LogP contribution in [-0.4, -0.2) is 6.54 Å². The summed E-state index contributed by atoms with van der Waals surface area (Å²) in [7, 11) is 0. The second-order valence-electron chi connectivity index (χ2n) is 5.11. The van der Waals surface area contributed by atoms with E-state index >= 15 is 0 Å². The minimum atomic E-state index is -0.301. The van der Waals surface area contributed by atoms with Crippen molar-refractivity contribution >= 4 is 11.3 Å². The monoisotopic (exact) mass is 236 g/mol. The van der Waals surface area contributed by atoms with Gasteiger partial charge in [-0.1, -0.05) is 19.9 Å². The van der Waals surface area contributed by atoms with Crippen LogP contribution < -0.4 is 5.32 Å². The van der Waals surface area contributed by atoms with Crippen LogP contribution >= 0.6 is 11.3 Å². The van der Waals surface area contributed by atoms with E-state index in [-0.39, 0.29) is 5.41 Å². The van der Waals surface area contributed by atoms with Gasteiger partial charge in [-0.15, -0.1) is 11.3 Å². The van der Waals surface area contributed by atoms with E-state index in [9.17, 15) is 0 Å². The summed E-state index contributed by atoms with van der Waals surface area (Å²) in [5, 5.41) is 14.6. The van der Waals surface area contributed by atoms with Crippen LogP contribution in [0.5, 0.6) is 0 Å². The predicted molar refractivity (Wildman–Crippen MR) is 69.3 cm³/mol. The average molecular weight is 236 g/mol. The molecule has 1 atom stereocenters. The lowest BCUT2D eigenvalue weighted by molar-refractivity contribution is 0.355. The first-order valence-electron chi connectivity index (χ1n) is 5.64. The van der Waals surface area contributed by atoms with Crippen molar-refractivity contribution in [3.63, 3.8) is 0 Å². The van der Waals surface area contributed by atoms with Gasteiger partial charge in [-0.05, 0) is 31.2 Å². The van der Waals surface area contributed by atoms with Gasteiger partial charge in [0, 0.05) is 17.5 Å². The summed E-state index contributed by atoms with van der Waals surface area (Å²) < 4.78 is 0. The Balaban J connectivity index is 2.65. The summed E-state index contributed by atoms with van der Waals surface area (Å²) in [4.78, 5) is 1.35. The zero-order valence-corrected chi connectivity index (χ0v) is 11.3. The molecule has 0 bridgehead atoms. The Hall–Kier alpha value is -0.850. The topological polar surface area (TPSA) is 35.8 Å². The Labute approximate surface area is 102 Å². The summed E-state index contributed by atoms with van der Waals surface area (Å²) in [5.74, 6) is 0.535. The van der Waals surface area contributed by atoms with Gasteiger partial charge >= 0.3 is 0 Å². The highest BCUT2D eigenvalue weighted by Crippen LogP contribution is 2.26. The molecule has 0 saturated carbocycles. The van der Waals surface area contributed by atoms with E-state index in [0.717, 1.165) is 6.54 Å². The molecule has 1 N–H and O–H groups in total. The number of nitrogens with zero attached hydrogens (tertiary/aromatic N) is 1. The fraction of sp³-hybridized carbons (Fsp3) is 0.615. The van der Waals surface area contributed by atoms with Gasteiger partial charge in [0.15, 0.2) is 0 Å². The molecule has 0 radical (unpaired) electrons. The molecule has 0 aliphatic rings. The van der Waals surface area contributed by atoms with Crippen LogP contribution in [0.4, 0.5) is 0 Å². The van der Waals surface area contributed by atoms with E-state index in [1.165, 1.54) is 4.88 Å². The fourth-order valence-electron chi connectivity index (χ4n) is 1.54. The summed E-state index contributed by atoms with van der Waals surface area (Å²) in [5.41, 5.74) is -0.301. The van der Waals surface area contributed by atoms with E-state index in [2.05, 4.69) is 42.7 Å². The molecule has 88 valence electrons. The Bertz CT molecular complexity index is 347. The third-order valence-corrected chi connectivity index (χ3v) is 3.54. The highest BCUT2D eigenvalue weighted by Gasteiger charge is 2.22. The molecule has 0 aromatic carbocycles. The summed E-state index contributed by atoms with van der Waals surface area (Å²) in [6.07, 6.45) is 0. The van der Waals surface area contributed by atoms with Crippen molar-refractivity contribution in [2.75, 3.05) is 6.54 Å². The van der Waals surface area contributed by atoms with Crippen LogP contribution in [0.1, 0.15) is 38.6 Å². The van der Waals surface area contributed by atoms with Crippen LogP contribution in [0.25, 0.3) is 0 Å². The first-order chi connectivity index (χ1) is 7.46.